The number of hydrogen-bond donors (Lipinski definition) is 1. The molecule has 1 N–H and O–H groups in total. The molecule has 4 nitrogen and oxygen atoms in total. The molecule has 96 valence electrons. The first-order chi connectivity index (χ1) is 8.83. The van der Waals surface area contributed by atoms with Crippen LogP contribution in [0.3, 0.4) is 0 Å². The second-order valence-electron chi connectivity index (χ2n) is 5.05. The molecule has 2 heterocycles. The van der Waals surface area contributed by atoms with Crippen LogP contribution in [0.2, 0.25) is 0 Å². The first kappa shape index (κ1) is 11.7. The highest BCUT2D eigenvalue weighted by atomic mass is 16.3. The summed E-state index contributed by atoms with van der Waals surface area (Å²) < 4.78 is 2.04. The van der Waals surface area contributed by atoms with Gasteiger partial charge in [0.2, 0.25) is 0 Å². The summed E-state index contributed by atoms with van der Waals surface area (Å²) in [5, 5.41) is 10.2. The molecule has 1 unspecified atom stereocenters. The molecule has 1 saturated heterocycles. The number of aliphatic hydroxyl groups is 1. The van der Waals surface area contributed by atoms with Gasteiger partial charge in [0.25, 0.3) is 0 Å². The number of likely N-dealkylation sites (tertiary alicyclic amines) is 1. The Morgan fingerprint density at radius 3 is 2.78 bits per heavy atom. The van der Waals surface area contributed by atoms with Gasteiger partial charge in [-0.15, -0.1) is 0 Å². The van der Waals surface area contributed by atoms with Crippen LogP contribution >= 0.6 is 0 Å². The third-order valence-electron chi connectivity index (χ3n) is 3.60. The van der Waals surface area contributed by atoms with Gasteiger partial charge in [-0.2, -0.15) is 0 Å². The minimum Gasteiger partial charge on any atom is -0.390 e. The van der Waals surface area contributed by atoms with Crippen LogP contribution in [-0.2, 0) is 6.54 Å². The van der Waals surface area contributed by atoms with E-state index in [1.807, 2.05) is 35.2 Å². The van der Waals surface area contributed by atoms with Crippen molar-refractivity contribution in [3.63, 3.8) is 0 Å². The SMILES string of the molecule is OC(CN1CCCC1)Cn1cnc2ccccc21. The topological polar surface area (TPSA) is 41.3 Å². The first-order valence-electron chi connectivity index (χ1n) is 6.63. The average molecular weight is 245 g/mol. The molecule has 2 aromatic rings. The molecule has 1 aromatic heterocycles. The van der Waals surface area contributed by atoms with Gasteiger partial charge in [0.05, 0.1) is 30.0 Å². The summed E-state index contributed by atoms with van der Waals surface area (Å²) in [6.07, 6.45) is 4.03. The van der Waals surface area contributed by atoms with Gasteiger partial charge in [-0.1, -0.05) is 12.1 Å². The molecular weight excluding hydrogens is 226 g/mol. The minimum atomic E-state index is -0.319. The molecule has 4 heteroatoms. The third-order valence-corrected chi connectivity index (χ3v) is 3.60. The molecule has 3 rings (SSSR count). The maximum Gasteiger partial charge on any atom is 0.0959 e. The lowest BCUT2D eigenvalue weighted by Crippen LogP contribution is -2.32. The van der Waals surface area contributed by atoms with E-state index in [0.29, 0.717) is 6.54 Å². The van der Waals surface area contributed by atoms with Crippen LogP contribution in [0.1, 0.15) is 12.8 Å². The monoisotopic (exact) mass is 245 g/mol. The number of aliphatic hydroxyl groups excluding tert-OH is 1. The summed E-state index contributed by atoms with van der Waals surface area (Å²) in [6, 6.07) is 8.04. The molecule has 1 fully saturated rings. The number of hydrogen-bond acceptors (Lipinski definition) is 3. The van der Waals surface area contributed by atoms with Gasteiger partial charge in [-0.3, -0.25) is 0 Å². The van der Waals surface area contributed by atoms with Gasteiger partial charge >= 0.3 is 0 Å². The second kappa shape index (κ2) is 5.08. The fourth-order valence-corrected chi connectivity index (χ4v) is 2.70. The first-order valence-corrected chi connectivity index (χ1v) is 6.63. The quantitative estimate of drug-likeness (QED) is 0.887. The number of nitrogens with zero attached hydrogens (tertiary/aromatic N) is 3. The number of para-hydroxylation sites is 2. The number of β-amino-alcohol motifs (C(OH)–C–C–N with tert-alkyl or cyclic N) is 1. The molecule has 0 saturated carbocycles. The molecule has 1 atom stereocenters. The Balaban J connectivity index is 1.67. The molecule has 0 aliphatic carbocycles. The maximum atomic E-state index is 10.2. The van der Waals surface area contributed by atoms with E-state index >= 15 is 0 Å². The lowest BCUT2D eigenvalue weighted by atomic mass is 10.3. The highest BCUT2D eigenvalue weighted by Crippen LogP contribution is 2.13. The van der Waals surface area contributed by atoms with Crippen LogP contribution < -0.4 is 0 Å². The van der Waals surface area contributed by atoms with Crippen molar-refractivity contribution >= 4 is 11.0 Å². The fourth-order valence-electron chi connectivity index (χ4n) is 2.70. The number of fused-ring (bicyclic) bond motifs is 1. The smallest absolute Gasteiger partial charge is 0.0959 e. The minimum absolute atomic E-state index is 0.319. The predicted octanol–water partition coefficient (Wildman–Crippen LogP) is 1.49. The normalized spacial score (nSPS) is 18.5. The Morgan fingerprint density at radius 1 is 1.17 bits per heavy atom. The molecular formula is C14H19N3O. The number of benzene rings is 1. The second-order valence-corrected chi connectivity index (χ2v) is 5.05. The number of aromatic nitrogens is 2. The third kappa shape index (κ3) is 2.40. The van der Waals surface area contributed by atoms with E-state index in [9.17, 15) is 5.11 Å². The molecule has 1 aliphatic heterocycles. The summed E-state index contributed by atoms with van der Waals surface area (Å²) in [4.78, 5) is 6.68. The van der Waals surface area contributed by atoms with Gasteiger partial charge in [0, 0.05) is 6.54 Å². The summed E-state index contributed by atoms with van der Waals surface area (Å²) >= 11 is 0. The fraction of sp³-hybridized carbons (Fsp3) is 0.500. The Hall–Kier alpha value is -1.39. The van der Waals surface area contributed by atoms with Crippen molar-refractivity contribution in [2.24, 2.45) is 0 Å². The zero-order valence-electron chi connectivity index (χ0n) is 10.5. The maximum absolute atomic E-state index is 10.2. The van der Waals surface area contributed by atoms with Crippen molar-refractivity contribution < 1.29 is 5.11 Å². The summed E-state index contributed by atoms with van der Waals surface area (Å²) in [7, 11) is 0. The predicted molar refractivity (Wildman–Crippen MR) is 71.4 cm³/mol. The molecule has 0 amide bonds. The van der Waals surface area contributed by atoms with Gasteiger partial charge in [0.15, 0.2) is 0 Å². The van der Waals surface area contributed by atoms with Crippen LogP contribution in [0, 0.1) is 0 Å². The Morgan fingerprint density at radius 2 is 1.94 bits per heavy atom. The van der Waals surface area contributed by atoms with E-state index < -0.39 is 0 Å². The van der Waals surface area contributed by atoms with Crippen molar-refractivity contribution in [2.75, 3.05) is 19.6 Å². The number of imidazole rings is 1. The van der Waals surface area contributed by atoms with Crippen molar-refractivity contribution in [3.05, 3.63) is 30.6 Å². The van der Waals surface area contributed by atoms with E-state index in [1.54, 1.807) is 0 Å². The van der Waals surface area contributed by atoms with Crippen molar-refractivity contribution in [2.45, 2.75) is 25.5 Å². The zero-order chi connectivity index (χ0) is 12.4. The Bertz CT molecular complexity index is 516. The van der Waals surface area contributed by atoms with Crippen LogP contribution in [0.25, 0.3) is 11.0 Å². The van der Waals surface area contributed by atoms with Gasteiger partial charge in [-0.05, 0) is 38.1 Å². The van der Waals surface area contributed by atoms with Crippen molar-refractivity contribution in [1.82, 2.24) is 14.5 Å². The van der Waals surface area contributed by atoms with Gasteiger partial charge < -0.3 is 14.6 Å². The summed E-state index contributed by atoms with van der Waals surface area (Å²) in [5.41, 5.74) is 2.09. The van der Waals surface area contributed by atoms with Gasteiger partial charge in [-0.25, -0.2) is 4.98 Å². The van der Waals surface area contributed by atoms with Crippen molar-refractivity contribution in [3.8, 4) is 0 Å². The van der Waals surface area contributed by atoms with Crippen LogP contribution in [0.5, 0.6) is 0 Å². The largest absolute Gasteiger partial charge is 0.390 e. The molecule has 0 radical (unpaired) electrons. The van der Waals surface area contributed by atoms with E-state index in [-0.39, 0.29) is 6.10 Å². The standard InChI is InChI=1S/C14H19N3O/c18-12(9-16-7-3-4-8-16)10-17-11-15-13-5-1-2-6-14(13)17/h1-2,5-6,11-12,18H,3-4,7-10H2. The highest BCUT2D eigenvalue weighted by molar-refractivity contribution is 5.74. The zero-order valence-corrected chi connectivity index (χ0v) is 10.5. The molecule has 0 bridgehead atoms. The lowest BCUT2D eigenvalue weighted by molar-refractivity contribution is 0.110. The molecule has 18 heavy (non-hydrogen) atoms. The van der Waals surface area contributed by atoms with E-state index in [0.717, 1.165) is 30.7 Å². The average Bonchev–Trinajstić information content (AvgIpc) is 3.00. The van der Waals surface area contributed by atoms with Crippen molar-refractivity contribution in [1.29, 1.82) is 0 Å². The Kier molecular flexibility index (Phi) is 3.30. The van der Waals surface area contributed by atoms with Crippen LogP contribution in [0.15, 0.2) is 30.6 Å². The summed E-state index contributed by atoms with van der Waals surface area (Å²) in [5.74, 6) is 0. The molecule has 1 aliphatic rings. The van der Waals surface area contributed by atoms with E-state index in [4.69, 9.17) is 0 Å². The number of rotatable bonds is 4. The molecule has 0 spiro atoms. The van der Waals surface area contributed by atoms with E-state index in [1.165, 1.54) is 12.8 Å². The van der Waals surface area contributed by atoms with Crippen LogP contribution in [0.4, 0.5) is 0 Å². The highest BCUT2D eigenvalue weighted by Gasteiger charge is 2.16. The van der Waals surface area contributed by atoms with Crippen LogP contribution in [-0.4, -0.2) is 45.3 Å². The molecule has 1 aromatic carbocycles. The van der Waals surface area contributed by atoms with E-state index in [2.05, 4.69) is 9.88 Å². The Labute approximate surface area is 107 Å². The summed E-state index contributed by atoms with van der Waals surface area (Å²) in [6.45, 7) is 3.65. The van der Waals surface area contributed by atoms with Gasteiger partial charge in [0.1, 0.15) is 0 Å². The lowest BCUT2D eigenvalue weighted by Gasteiger charge is -2.19.